The number of carbonyl (C=O) groups is 4. The number of nitrogens with zero attached hydrogens (tertiary/aromatic N) is 4. The first-order valence-electron chi connectivity index (χ1n) is 36.7. The van der Waals surface area contributed by atoms with Gasteiger partial charge in [0, 0.05) is 93.9 Å². The molecule has 14 rings (SSSR count). The minimum atomic E-state index is -0.933. The standard InChI is InChI=1S/2C21H15ClF2NO.2C17H15ClF2NO.4C5H5.2Ti/c2*1-14-6-8-15(9-7-14)13-25(20-11-10-16(23)12-19(20)24)21(26)17-4-2-3-5-18(17)22;2*1-2-3-10-21(16-9-8-14(19)11-15(16)20)17(22)12-4-6-13(18)7-5-12;4*1-2-4-5-3-1;;/h2*2-11H,13H2,1H3;2*4-9H,2-3,10H2,1H3;4*1-3H,4H2;;/q8*-1;2*+4. The number of hydrogen-bond acceptors (Lipinski definition) is 4. The van der Waals surface area contributed by atoms with Crippen LogP contribution < -0.4 is 19.6 Å². The fourth-order valence-corrected chi connectivity index (χ4v) is 11.3. The van der Waals surface area contributed by atoms with Crippen LogP contribution >= 0.6 is 46.4 Å². The Hall–Kier alpha value is -9.97. The molecule has 0 fully saturated rings. The summed E-state index contributed by atoms with van der Waals surface area (Å²) in [5.41, 5.74) is 4.94. The molecule has 10 aromatic carbocycles. The normalized spacial score (nSPS) is 11.6. The molecule has 0 N–H and O–H groups in total. The van der Waals surface area contributed by atoms with Crippen molar-refractivity contribution in [1.82, 2.24) is 0 Å². The smallest absolute Gasteiger partial charge is 0.359 e. The first-order chi connectivity index (χ1) is 56.0. The molecule has 4 amide bonds. The van der Waals surface area contributed by atoms with Crippen LogP contribution in [0.1, 0.15) is 129 Å². The Bertz CT molecular complexity index is 4720. The summed E-state index contributed by atoms with van der Waals surface area (Å²) in [4.78, 5) is 56.4. The summed E-state index contributed by atoms with van der Waals surface area (Å²) in [6.45, 7) is 8.75. The second-order valence-corrected chi connectivity index (χ2v) is 27.1. The molecule has 0 atom stereocenters. The third kappa shape index (κ3) is 33.1. The molecule has 0 aliphatic heterocycles. The number of benzene rings is 10. The topological polar surface area (TPSA) is 81.2 Å². The SMILES string of the molecule is CCCCN(C(=O)c1ccc(Cl)cc1)c1ccc(F)[c-]c1F.CCCCN(C(=O)c1ccc(Cl)cc1)c1ccc(F)[c-]c1F.Cc1ccc(CN(C(=O)c2ccccc2Cl)c2ccc(F)[c-]c2F)cc1.Cc1ccc(CN(C(=O)c2ccccc2Cl)c2ccc(F)[c-]c2F)cc1.[C-]1=CC=CC1.[C-]1=CC=CC1.[C-]1=CC=CC1.[C-]1=CC=CC1.[Ti+4].[Ti+4]. The largest absolute Gasteiger partial charge is 4.00 e. The van der Waals surface area contributed by atoms with Crippen LogP contribution in [0.2, 0.25) is 20.1 Å². The maximum Gasteiger partial charge on any atom is 4.00 e. The van der Waals surface area contributed by atoms with Crippen molar-refractivity contribution in [3.8, 4) is 0 Å². The molecule has 0 spiro atoms. The summed E-state index contributed by atoms with van der Waals surface area (Å²) in [5, 5.41) is 1.55. The number of rotatable bonds is 18. The Morgan fingerprint density at radius 2 is 0.610 bits per heavy atom. The van der Waals surface area contributed by atoms with E-state index < -0.39 is 58.4 Å². The van der Waals surface area contributed by atoms with Gasteiger partial charge in [-0.15, -0.1) is 98.5 Å². The van der Waals surface area contributed by atoms with Crippen molar-refractivity contribution in [1.29, 1.82) is 0 Å². The van der Waals surface area contributed by atoms with Crippen LogP contribution in [0.15, 0.2) is 267 Å². The van der Waals surface area contributed by atoms with Gasteiger partial charge in [-0.3, -0.25) is 43.5 Å². The van der Waals surface area contributed by atoms with Gasteiger partial charge < -0.3 is 19.6 Å². The van der Waals surface area contributed by atoms with Crippen molar-refractivity contribution < 1.29 is 97.7 Å². The Balaban J connectivity index is 0.000000257. The Morgan fingerprint density at radius 3 is 0.839 bits per heavy atom. The van der Waals surface area contributed by atoms with Gasteiger partial charge in [-0.1, -0.05) is 157 Å². The maximum absolute atomic E-state index is 14.3. The fraction of sp³-hybridized carbons (Fsp3) is 0.167. The summed E-state index contributed by atoms with van der Waals surface area (Å²) in [6.07, 6.45) is 43.1. The molecule has 0 radical (unpaired) electrons. The van der Waals surface area contributed by atoms with E-state index in [1.807, 2.05) is 149 Å². The molecule has 0 heterocycles. The maximum atomic E-state index is 14.3. The molecular formula is C96H80Cl4F8N4O4Ti2. The van der Waals surface area contributed by atoms with E-state index in [2.05, 4.69) is 48.6 Å². The molecule has 10 aromatic rings. The van der Waals surface area contributed by atoms with Crippen LogP contribution in [0.25, 0.3) is 0 Å². The average molecular weight is 1740 g/mol. The number of hydrogen-bond donors (Lipinski definition) is 0. The Morgan fingerprint density at radius 1 is 0.339 bits per heavy atom. The number of carbonyl (C=O) groups excluding carboxylic acids is 4. The van der Waals surface area contributed by atoms with E-state index in [0.29, 0.717) is 47.1 Å². The van der Waals surface area contributed by atoms with E-state index >= 15 is 0 Å². The van der Waals surface area contributed by atoms with Gasteiger partial charge in [-0.25, -0.2) is 83.7 Å². The van der Waals surface area contributed by atoms with Crippen molar-refractivity contribution in [2.45, 2.75) is 92.2 Å². The number of anilines is 4. The van der Waals surface area contributed by atoms with Gasteiger partial charge in [0.15, 0.2) is 0 Å². The van der Waals surface area contributed by atoms with E-state index in [9.17, 15) is 54.3 Å². The molecule has 22 heteroatoms. The number of amides is 4. The van der Waals surface area contributed by atoms with Gasteiger partial charge in [0.2, 0.25) is 23.6 Å². The fourth-order valence-electron chi connectivity index (χ4n) is 10.6. The second-order valence-electron chi connectivity index (χ2n) is 25.4. The number of aryl methyl sites for hydroxylation is 2. The molecule has 8 nitrogen and oxygen atoms in total. The van der Waals surface area contributed by atoms with E-state index in [1.54, 1.807) is 97.1 Å². The van der Waals surface area contributed by atoms with Crippen molar-refractivity contribution in [2.75, 3.05) is 32.7 Å². The van der Waals surface area contributed by atoms with E-state index in [4.69, 9.17) is 46.4 Å². The summed E-state index contributed by atoms with van der Waals surface area (Å²) in [7, 11) is 0. The first kappa shape index (κ1) is 98.6. The predicted octanol–water partition coefficient (Wildman–Crippen LogP) is 26.1. The molecule has 4 aliphatic rings. The second kappa shape index (κ2) is 53.5. The molecule has 0 unspecified atom stereocenters. The first-order valence-corrected chi connectivity index (χ1v) is 38.2. The van der Waals surface area contributed by atoms with Crippen LogP contribution in [-0.4, -0.2) is 36.7 Å². The van der Waals surface area contributed by atoms with Crippen LogP contribution in [0, 0.1) is 109 Å². The van der Waals surface area contributed by atoms with E-state index in [-0.39, 0.29) is 112 Å². The monoisotopic (exact) mass is 1740 g/mol. The molecule has 4 aliphatic carbocycles. The van der Waals surface area contributed by atoms with E-state index in [1.165, 1.54) is 43.9 Å². The van der Waals surface area contributed by atoms with Gasteiger partial charge in [0.1, 0.15) is 0 Å². The summed E-state index contributed by atoms with van der Waals surface area (Å²) < 4.78 is 109. The van der Waals surface area contributed by atoms with Crippen LogP contribution in [0.5, 0.6) is 0 Å². The molecule has 600 valence electrons. The van der Waals surface area contributed by atoms with Crippen molar-refractivity contribution in [2.24, 2.45) is 0 Å². The minimum Gasteiger partial charge on any atom is -0.359 e. The average Bonchev–Trinajstić information content (AvgIpc) is 1.10. The zero-order valence-corrected chi connectivity index (χ0v) is 71.0. The predicted molar refractivity (Wildman–Crippen MR) is 449 cm³/mol. The van der Waals surface area contributed by atoms with Crippen molar-refractivity contribution >= 4 is 92.8 Å². The molecule has 0 saturated heterocycles. The van der Waals surface area contributed by atoms with Gasteiger partial charge in [0.25, 0.3) is 0 Å². The van der Waals surface area contributed by atoms with Gasteiger partial charge in [-0.2, -0.15) is 24.3 Å². The third-order valence-corrected chi connectivity index (χ3v) is 17.8. The van der Waals surface area contributed by atoms with Gasteiger partial charge >= 0.3 is 43.4 Å². The van der Waals surface area contributed by atoms with Gasteiger partial charge in [0.05, 0.1) is 21.2 Å². The minimum absolute atomic E-state index is 0. The van der Waals surface area contributed by atoms with Crippen molar-refractivity contribution in [3.63, 3.8) is 0 Å². The summed E-state index contributed by atoms with van der Waals surface area (Å²) in [6, 6.07) is 58.0. The number of halogens is 12. The molecule has 0 saturated carbocycles. The quantitative estimate of drug-likeness (QED) is 0.0487. The van der Waals surface area contributed by atoms with Crippen LogP contribution in [0.3, 0.4) is 0 Å². The summed E-state index contributed by atoms with van der Waals surface area (Å²) >= 11 is 23.9. The molecule has 0 bridgehead atoms. The van der Waals surface area contributed by atoms with Crippen LogP contribution in [0.4, 0.5) is 57.9 Å². The summed E-state index contributed by atoms with van der Waals surface area (Å²) in [5.74, 6) is -8.53. The van der Waals surface area contributed by atoms with E-state index in [0.717, 1.165) is 85.0 Å². The van der Waals surface area contributed by atoms with Crippen LogP contribution in [-0.2, 0) is 56.5 Å². The zero-order valence-electron chi connectivity index (χ0n) is 64.8. The number of unbranched alkanes of at least 4 members (excludes halogenated alkanes) is 2. The molecule has 0 aromatic heterocycles. The Labute approximate surface area is 736 Å². The zero-order chi connectivity index (χ0) is 83.7. The molecular weight excluding hydrogens is 1660 g/mol. The third-order valence-electron chi connectivity index (χ3n) is 16.6. The van der Waals surface area contributed by atoms with Crippen molar-refractivity contribution in [3.05, 3.63) is 427 Å². The molecule has 118 heavy (non-hydrogen) atoms. The van der Waals surface area contributed by atoms with Gasteiger partial charge in [-0.05, 0) is 133 Å². The number of allylic oxidation sites excluding steroid dienone is 16. The Kier molecular flexibility index (Phi) is 44.7.